The van der Waals surface area contributed by atoms with Crippen molar-refractivity contribution in [1.82, 2.24) is 15.5 Å². The van der Waals surface area contributed by atoms with Crippen LogP contribution in [0.5, 0.6) is 0 Å². The summed E-state index contributed by atoms with van der Waals surface area (Å²) < 4.78 is 10.5. The highest BCUT2D eigenvalue weighted by Crippen LogP contribution is 2.10. The molecule has 1 aromatic carbocycles. The molecule has 0 fully saturated rings. The van der Waals surface area contributed by atoms with Gasteiger partial charge in [-0.2, -0.15) is 0 Å². The SMILES string of the molecule is CC(C)(C)OC(=O)NCCCCCN(CCCCCNC(=O)OC(C)(C)C)Cc1ccccc1. The summed E-state index contributed by atoms with van der Waals surface area (Å²) in [5, 5.41) is 5.66. The minimum absolute atomic E-state index is 0.348. The molecule has 0 atom stereocenters. The zero-order chi connectivity index (χ0) is 25.5. The van der Waals surface area contributed by atoms with Crippen molar-refractivity contribution in [3.05, 3.63) is 35.9 Å². The van der Waals surface area contributed by atoms with Gasteiger partial charge in [0.15, 0.2) is 0 Å². The van der Waals surface area contributed by atoms with Gasteiger partial charge in [0, 0.05) is 19.6 Å². The number of unbranched alkanes of at least 4 members (excludes halogenated alkanes) is 4. The van der Waals surface area contributed by atoms with Crippen LogP contribution in [0.1, 0.15) is 85.6 Å². The molecule has 194 valence electrons. The van der Waals surface area contributed by atoms with Crippen molar-refractivity contribution in [3.63, 3.8) is 0 Å². The van der Waals surface area contributed by atoms with Gasteiger partial charge in [-0.1, -0.05) is 43.2 Å². The fraction of sp³-hybridized carbons (Fsp3) is 0.704. The third-order valence-corrected chi connectivity index (χ3v) is 4.89. The maximum Gasteiger partial charge on any atom is 0.407 e. The number of nitrogens with one attached hydrogen (secondary N) is 2. The highest BCUT2D eigenvalue weighted by molar-refractivity contribution is 5.67. The Labute approximate surface area is 207 Å². The van der Waals surface area contributed by atoms with Crippen LogP contribution in [0, 0.1) is 0 Å². The molecule has 2 N–H and O–H groups in total. The summed E-state index contributed by atoms with van der Waals surface area (Å²) in [6.07, 6.45) is 5.47. The number of ether oxygens (including phenoxy) is 2. The van der Waals surface area contributed by atoms with E-state index in [-0.39, 0.29) is 12.2 Å². The van der Waals surface area contributed by atoms with Gasteiger partial charge in [-0.15, -0.1) is 0 Å². The van der Waals surface area contributed by atoms with Gasteiger partial charge in [0.05, 0.1) is 0 Å². The molecule has 2 amide bonds. The topological polar surface area (TPSA) is 79.9 Å². The van der Waals surface area contributed by atoms with E-state index in [1.165, 1.54) is 5.56 Å². The van der Waals surface area contributed by atoms with Gasteiger partial charge in [0.25, 0.3) is 0 Å². The Morgan fingerprint density at radius 3 is 1.56 bits per heavy atom. The lowest BCUT2D eigenvalue weighted by Crippen LogP contribution is -2.33. The number of benzene rings is 1. The molecule has 34 heavy (non-hydrogen) atoms. The van der Waals surface area contributed by atoms with Crippen LogP contribution >= 0.6 is 0 Å². The zero-order valence-electron chi connectivity index (χ0n) is 22.2. The predicted molar refractivity (Wildman–Crippen MR) is 138 cm³/mol. The Balaban J connectivity index is 2.28. The van der Waals surface area contributed by atoms with Crippen molar-refractivity contribution in [1.29, 1.82) is 0 Å². The number of alkyl carbamates (subject to hydrolysis) is 2. The van der Waals surface area contributed by atoms with E-state index in [4.69, 9.17) is 9.47 Å². The summed E-state index contributed by atoms with van der Waals surface area (Å²) in [6, 6.07) is 10.5. The van der Waals surface area contributed by atoms with Gasteiger partial charge >= 0.3 is 12.2 Å². The molecule has 0 spiro atoms. The molecular formula is C27H47N3O4. The van der Waals surface area contributed by atoms with Crippen LogP contribution in [0.15, 0.2) is 30.3 Å². The molecule has 0 aliphatic rings. The van der Waals surface area contributed by atoms with Crippen LogP contribution in [0.25, 0.3) is 0 Å². The molecule has 0 radical (unpaired) electrons. The van der Waals surface area contributed by atoms with E-state index in [0.717, 1.165) is 58.2 Å². The van der Waals surface area contributed by atoms with E-state index in [9.17, 15) is 9.59 Å². The quantitative estimate of drug-likeness (QED) is 0.327. The summed E-state index contributed by atoms with van der Waals surface area (Å²) in [5.41, 5.74) is 0.391. The number of carbonyl (C=O) groups is 2. The van der Waals surface area contributed by atoms with E-state index < -0.39 is 11.2 Å². The molecule has 1 rings (SSSR count). The van der Waals surface area contributed by atoms with Gasteiger partial charge in [0.1, 0.15) is 11.2 Å². The van der Waals surface area contributed by atoms with Crippen molar-refractivity contribution in [2.75, 3.05) is 26.2 Å². The van der Waals surface area contributed by atoms with E-state index in [0.29, 0.717) is 13.1 Å². The standard InChI is InChI=1S/C27H47N3O4/c1-26(2,3)33-24(31)28-18-12-8-14-20-30(22-23-16-10-7-11-17-23)21-15-9-13-19-29-25(32)34-27(4,5)6/h7,10-11,16-17H,8-9,12-15,18-22H2,1-6H3,(H,28,31)(H,29,32). The molecule has 0 aromatic heterocycles. The maximum atomic E-state index is 11.7. The first-order valence-electron chi connectivity index (χ1n) is 12.6. The lowest BCUT2D eigenvalue weighted by molar-refractivity contribution is 0.0515. The molecule has 0 unspecified atom stereocenters. The van der Waals surface area contributed by atoms with Gasteiger partial charge in [0.2, 0.25) is 0 Å². The fourth-order valence-electron chi connectivity index (χ4n) is 3.40. The van der Waals surface area contributed by atoms with E-state index in [1.54, 1.807) is 0 Å². The van der Waals surface area contributed by atoms with Gasteiger partial charge < -0.3 is 20.1 Å². The number of hydrogen-bond acceptors (Lipinski definition) is 5. The normalized spacial score (nSPS) is 11.9. The van der Waals surface area contributed by atoms with Gasteiger partial charge in [-0.3, -0.25) is 4.90 Å². The largest absolute Gasteiger partial charge is 0.444 e. The Morgan fingerprint density at radius 2 is 1.15 bits per heavy atom. The van der Waals surface area contributed by atoms with Crippen LogP contribution < -0.4 is 10.6 Å². The van der Waals surface area contributed by atoms with Crippen molar-refractivity contribution in [3.8, 4) is 0 Å². The highest BCUT2D eigenvalue weighted by Gasteiger charge is 2.16. The van der Waals surface area contributed by atoms with Crippen LogP contribution in [0.2, 0.25) is 0 Å². The third kappa shape index (κ3) is 17.2. The van der Waals surface area contributed by atoms with Gasteiger partial charge in [-0.25, -0.2) is 9.59 Å². The number of carbonyl (C=O) groups excluding carboxylic acids is 2. The van der Waals surface area contributed by atoms with Crippen molar-refractivity contribution in [2.24, 2.45) is 0 Å². The molecule has 1 aromatic rings. The zero-order valence-corrected chi connectivity index (χ0v) is 22.2. The summed E-state index contributed by atoms with van der Waals surface area (Å²) in [7, 11) is 0. The Kier molecular flexibility index (Phi) is 13.6. The number of nitrogens with zero attached hydrogens (tertiary/aromatic N) is 1. The van der Waals surface area contributed by atoms with E-state index in [2.05, 4.69) is 39.8 Å². The van der Waals surface area contributed by atoms with Crippen molar-refractivity contribution >= 4 is 12.2 Å². The molecule has 7 heteroatoms. The van der Waals surface area contributed by atoms with Crippen molar-refractivity contribution < 1.29 is 19.1 Å². The lowest BCUT2D eigenvalue weighted by atomic mass is 10.1. The molecule has 0 saturated heterocycles. The fourth-order valence-corrected chi connectivity index (χ4v) is 3.40. The second kappa shape index (κ2) is 15.6. The predicted octanol–water partition coefficient (Wildman–Crippen LogP) is 5.88. The van der Waals surface area contributed by atoms with Crippen LogP contribution in [0.4, 0.5) is 9.59 Å². The smallest absolute Gasteiger partial charge is 0.407 e. The van der Waals surface area contributed by atoms with Crippen LogP contribution in [-0.4, -0.2) is 54.5 Å². The minimum Gasteiger partial charge on any atom is -0.444 e. The second-order valence-corrected chi connectivity index (χ2v) is 10.7. The highest BCUT2D eigenvalue weighted by atomic mass is 16.6. The summed E-state index contributed by atoms with van der Waals surface area (Å²) in [6.45, 7) is 15.5. The minimum atomic E-state index is -0.464. The first kappa shape index (κ1) is 29.8. The third-order valence-electron chi connectivity index (χ3n) is 4.89. The molecule has 0 saturated carbocycles. The maximum absolute atomic E-state index is 11.7. The number of amides is 2. The Hall–Kier alpha value is -2.28. The Morgan fingerprint density at radius 1 is 0.706 bits per heavy atom. The number of hydrogen-bond donors (Lipinski definition) is 2. The average Bonchev–Trinajstić information content (AvgIpc) is 2.71. The first-order valence-corrected chi connectivity index (χ1v) is 12.6. The van der Waals surface area contributed by atoms with Crippen molar-refractivity contribution in [2.45, 2.75) is 97.8 Å². The summed E-state index contributed by atoms with van der Waals surface area (Å²) in [4.78, 5) is 25.9. The average molecular weight is 478 g/mol. The summed E-state index contributed by atoms with van der Waals surface area (Å²) >= 11 is 0. The Bertz CT molecular complexity index is 656. The molecule has 0 aliphatic carbocycles. The first-order chi connectivity index (χ1) is 15.9. The monoisotopic (exact) mass is 477 g/mol. The molecule has 0 heterocycles. The number of rotatable bonds is 14. The van der Waals surface area contributed by atoms with Crippen LogP contribution in [-0.2, 0) is 16.0 Å². The summed E-state index contributed by atoms with van der Waals surface area (Å²) in [5.74, 6) is 0. The van der Waals surface area contributed by atoms with E-state index >= 15 is 0 Å². The van der Waals surface area contributed by atoms with Gasteiger partial charge in [-0.05, 0) is 85.9 Å². The molecule has 0 aliphatic heterocycles. The van der Waals surface area contributed by atoms with Crippen LogP contribution in [0.3, 0.4) is 0 Å². The molecular weight excluding hydrogens is 430 g/mol. The van der Waals surface area contributed by atoms with E-state index in [1.807, 2.05) is 47.6 Å². The second-order valence-electron chi connectivity index (χ2n) is 10.7. The lowest BCUT2D eigenvalue weighted by Gasteiger charge is -2.23. The molecule has 7 nitrogen and oxygen atoms in total. The molecule has 0 bridgehead atoms.